The molecule has 0 unspecified atom stereocenters. The average Bonchev–Trinajstić information content (AvgIpc) is 3.25. The fourth-order valence-electron chi connectivity index (χ4n) is 5.36. The summed E-state index contributed by atoms with van der Waals surface area (Å²) < 4.78 is 13.8. The first-order valence-corrected chi connectivity index (χ1v) is 11.0. The van der Waals surface area contributed by atoms with Crippen molar-refractivity contribution >= 4 is 11.6 Å². The van der Waals surface area contributed by atoms with Gasteiger partial charge in [-0.2, -0.15) is 0 Å². The van der Waals surface area contributed by atoms with Crippen molar-refractivity contribution in [2.24, 2.45) is 5.92 Å². The Balaban J connectivity index is 1.55. The minimum Gasteiger partial charge on any atom is -0.394 e. The predicted octanol–water partition coefficient (Wildman–Crippen LogP) is 3.83. The molecular formula is C26H26FN3O2. The summed E-state index contributed by atoms with van der Waals surface area (Å²) in [5.74, 6) is -0.0725. The van der Waals surface area contributed by atoms with Crippen molar-refractivity contribution in [3.05, 3.63) is 83.9 Å². The number of anilines is 1. The number of aliphatic hydroxyl groups is 1. The van der Waals surface area contributed by atoms with Crippen molar-refractivity contribution in [3.63, 3.8) is 0 Å². The van der Waals surface area contributed by atoms with Crippen molar-refractivity contribution in [1.82, 2.24) is 9.88 Å². The van der Waals surface area contributed by atoms with Crippen molar-refractivity contribution in [2.75, 3.05) is 25.1 Å². The van der Waals surface area contributed by atoms with E-state index in [1.54, 1.807) is 18.5 Å². The van der Waals surface area contributed by atoms with Crippen LogP contribution in [-0.2, 0) is 11.2 Å². The lowest BCUT2D eigenvalue weighted by Crippen LogP contribution is -2.48. The molecule has 2 aliphatic rings. The third-order valence-electron chi connectivity index (χ3n) is 6.91. The molecule has 0 radical (unpaired) electrons. The van der Waals surface area contributed by atoms with Crippen LogP contribution >= 0.6 is 0 Å². The first-order chi connectivity index (χ1) is 15.6. The quantitative estimate of drug-likeness (QED) is 0.682. The summed E-state index contributed by atoms with van der Waals surface area (Å²) in [6.45, 7) is 0.690. The van der Waals surface area contributed by atoms with E-state index in [0.717, 1.165) is 34.4 Å². The lowest BCUT2D eigenvalue weighted by molar-refractivity contribution is -0.132. The molecule has 164 valence electrons. The Bertz CT molecular complexity index is 1140. The molecule has 1 N–H and O–H groups in total. The van der Waals surface area contributed by atoms with E-state index >= 15 is 0 Å². The molecule has 2 aromatic carbocycles. The van der Waals surface area contributed by atoms with Crippen LogP contribution in [0.3, 0.4) is 0 Å². The Morgan fingerprint density at radius 1 is 1.16 bits per heavy atom. The van der Waals surface area contributed by atoms with E-state index in [1.165, 1.54) is 12.1 Å². The molecule has 32 heavy (non-hydrogen) atoms. The molecule has 1 fully saturated rings. The van der Waals surface area contributed by atoms with Crippen LogP contribution in [-0.4, -0.2) is 47.1 Å². The maximum atomic E-state index is 13.8. The molecule has 5 rings (SSSR count). The minimum atomic E-state index is -0.273. The number of pyridine rings is 1. The van der Waals surface area contributed by atoms with Crippen molar-refractivity contribution < 1.29 is 14.3 Å². The number of nitrogens with zero attached hydrogens (tertiary/aromatic N) is 3. The number of hydrogen-bond donors (Lipinski definition) is 1. The summed E-state index contributed by atoms with van der Waals surface area (Å²) in [6, 6.07) is 16.3. The fourth-order valence-corrected chi connectivity index (χ4v) is 5.36. The Labute approximate surface area is 187 Å². The normalized spacial score (nSPS) is 21.9. The van der Waals surface area contributed by atoms with Crippen LogP contribution in [0, 0.1) is 11.7 Å². The van der Waals surface area contributed by atoms with E-state index < -0.39 is 0 Å². The van der Waals surface area contributed by atoms with Crippen LogP contribution < -0.4 is 4.90 Å². The Hall–Kier alpha value is -3.25. The number of fused-ring (bicyclic) bond motifs is 3. The molecule has 1 amide bonds. The summed E-state index contributed by atoms with van der Waals surface area (Å²) in [5.41, 5.74) is 4.68. The fraction of sp³-hybridized carbons (Fsp3) is 0.308. The molecule has 6 heteroatoms. The number of hydrogen-bond acceptors (Lipinski definition) is 4. The number of benzene rings is 2. The summed E-state index contributed by atoms with van der Waals surface area (Å²) in [7, 11) is 2.00. The van der Waals surface area contributed by atoms with Gasteiger partial charge in [0.15, 0.2) is 0 Å². The third-order valence-corrected chi connectivity index (χ3v) is 6.91. The van der Waals surface area contributed by atoms with E-state index in [9.17, 15) is 14.3 Å². The van der Waals surface area contributed by atoms with E-state index in [2.05, 4.69) is 16.0 Å². The number of carbonyl (C=O) groups is 1. The molecule has 1 aromatic heterocycles. The monoisotopic (exact) mass is 431 g/mol. The zero-order valence-electron chi connectivity index (χ0n) is 18.0. The lowest BCUT2D eigenvalue weighted by atomic mass is 9.81. The maximum absolute atomic E-state index is 13.8. The molecule has 3 aromatic rings. The van der Waals surface area contributed by atoms with Gasteiger partial charge in [-0.1, -0.05) is 24.3 Å². The molecule has 3 atom stereocenters. The zero-order valence-corrected chi connectivity index (χ0v) is 18.0. The van der Waals surface area contributed by atoms with Gasteiger partial charge in [-0.3, -0.25) is 9.78 Å². The van der Waals surface area contributed by atoms with Gasteiger partial charge in [0, 0.05) is 37.6 Å². The van der Waals surface area contributed by atoms with Gasteiger partial charge in [0.05, 0.1) is 25.1 Å². The van der Waals surface area contributed by atoms with Crippen LogP contribution in [0.15, 0.2) is 67.0 Å². The van der Waals surface area contributed by atoms with Gasteiger partial charge >= 0.3 is 0 Å². The highest BCUT2D eigenvalue weighted by Crippen LogP contribution is 2.49. The molecular weight excluding hydrogens is 405 g/mol. The number of amides is 1. The highest BCUT2D eigenvalue weighted by molar-refractivity contribution is 5.81. The second kappa shape index (κ2) is 8.36. The predicted molar refractivity (Wildman–Crippen MR) is 122 cm³/mol. The standard InChI is InChI=1S/C26H26FN3O2/c1-29-23-8-7-19(18-5-2-6-20(27)13-18)14-22(23)26-21(24(29)16-31)9-11-30(26)25(32)12-17-4-3-10-28-15-17/h2-8,10,13-15,21,24,26,31H,9,11-12,16H2,1H3/t21-,24+,26-/m1/s1. The van der Waals surface area contributed by atoms with Crippen molar-refractivity contribution in [1.29, 1.82) is 0 Å². The number of likely N-dealkylation sites (tertiary alicyclic amines) is 1. The van der Waals surface area contributed by atoms with Crippen LogP contribution in [0.4, 0.5) is 10.1 Å². The summed E-state index contributed by atoms with van der Waals surface area (Å²) in [4.78, 5) is 21.5. The number of aromatic nitrogens is 1. The van der Waals surface area contributed by atoms with Gasteiger partial charge in [-0.15, -0.1) is 0 Å². The van der Waals surface area contributed by atoms with Gasteiger partial charge in [0.2, 0.25) is 5.91 Å². The van der Waals surface area contributed by atoms with E-state index in [1.807, 2.05) is 42.3 Å². The molecule has 2 aliphatic heterocycles. The van der Waals surface area contributed by atoms with Gasteiger partial charge in [-0.25, -0.2) is 4.39 Å². The number of halogens is 1. The highest BCUT2D eigenvalue weighted by atomic mass is 19.1. The van der Waals surface area contributed by atoms with Gasteiger partial charge in [-0.05, 0) is 59.0 Å². The Morgan fingerprint density at radius 2 is 2.00 bits per heavy atom. The summed E-state index contributed by atoms with van der Waals surface area (Å²) >= 11 is 0. The first kappa shape index (κ1) is 20.6. The van der Waals surface area contributed by atoms with E-state index in [0.29, 0.717) is 13.0 Å². The number of aliphatic hydroxyl groups excluding tert-OH is 1. The topological polar surface area (TPSA) is 56.7 Å². The van der Waals surface area contributed by atoms with Crippen LogP contribution in [0.1, 0.15) is 23.6 Å². The van der Waals surface area contributed by atoms with E-state index in [4.69, 9.17) is 0 Å². The van der Waals surface area contributed by atoms with Crippen molar-refractivity contribution in [2.45, 2.75) is 24.9 Å². The molecule has 1 saturated heterocycles. The molecule has 0 spiro atoms. The molecule has 5 nitrogen and oxygen atoms in total. The number of likely N-dealkylation sites (N-methyl/N-ethyl adjacent to an activating group) is 1. The van der Waals surface area contributed by atoms with Crippen LogP contribution in [0.2, 0.25) is 0 Å². The van der Waals surface area contributed by atoms with Gasteiger partial charge < -0.3 is 14.9 Å². The molecule has 0 saturated carbocycles. The highest BCUT2D eigenvalue weighted by Gasteiger charge is 2.47. The molecule has 0 bridgehead atoms. The first-order valence-electron chi connectivity index (χ1n) is 11.0. The van der Waals surface area contributed by atoms with E-state index in [-0.39, 0.29) is 36.3 Å². The molecule has 3 heterocycles. The largest absolute Gasteiger partial charge is 0.394 e. The zero-order chi connectivity index (χ0) is 22.2. The second-order valence-corrected chi connectivity index (χ2v) is 8.67. The SMILES string of the molecule is CN1c2ccc(-c3cccc(F)c3)cc2[C@H]2[C@H](CCN2C(=O)Cc2cccnc2)[C@@H]1CO. The van der Waals surface area contributed by atoms with Gasteiger partial charge in [0.1, 0.15) is 5.82 Å². The maximum Gasteiger partial charge on any atom is 0.227 e. The molecule has 0 aliphatic carbocycles. The minimum absolute atomic E-state index is 0.0351. The average molecular weight is 432 g/mol. The van der Waals surface area contributed by atoms with Crippen LogP contribution in [0.25, 0.3) is 11.1 Å². The lowest BCUT2D eigenvalue weighted by Gasteiger charge is -2.44. The number of carbonyl (C=O) groups excluding carboxylic acids is 1. The van der Waals surface area contributed by atoms with Gasteiger partial charge in [0.25, 0.3) is 0 Å². The third kappa shape index (κ3) is 3.54. The smallest absolute Gasteiger partial charge is 0.227 e. The second-order valence-electron chi connectivity index (χ2n) is 8.67. The summed E-state index contributed by atoms with van der Waals surface area (Å²) in [6.07, 6.45) is 4.57. The Kier molecular flexibility index (Phi) is 5.39. The Morgan fingerprint density at radius 3 is 2.75 bits per heavy atom. The van der Waals surface area contributed by atoms with Crippen molar-refractivity contribution in [3.8, 4) is 11.1 Å². The summed E-state index contributed by atoms with van der Waals surface area (Å²) in [5, 5.41) is 10.2. The number of rotatable bonds is 4. The van der Waals surface area contributed by atoms with Crippen LogP contribution in [0.5, 0.6) is 0 Å².